The standard InChI is InChI=1S/C19H27N3O2.ClH/c23-18(22-13-3-4-14-22)11-8-15-6-9-16(10-7-15)21-19(24)17-5-1-2-12-20-17;/h6-7,9-10,17,20H,1-5,8,11-14H2,(H,21,24);1H. The van der Waals surface area contributed by atoms with Crippen LogP contribution >= 0.6 is 12.4 Å². The molecule has 2 N–H and O–H groups in total. The van der Waals surface area contributed by atoms with E-state index in [4.69, 9.17) is 0 Å². The number of anilines is 1. The minimum absolute atomic E-state index is 0. The van der Waals surface area contributed by atoms with Crippen LogP contribution in [0.2, 0.25) is 0 Å². The zero-order valence-electron chi connectivity index (χ0n) is 14.6. The van der Waals surface area contributed by atoms with Crippen molar-refractivity contribution in [1.29, 1.82) is 0 Å². The van der Waals surface area contributed by atoms with Crippen LogP contribution in [0.3, 0.4) is 0 Å². The van der Waals surface area contributed by atoms with E-state index < -0.39 is 0 Å². The summed E-state index contributed by atoms with van der Waals surface area (Å²) >= 11 is 0. The van der Waals surface area contributed by atoms with Gasteiger partial charge in [-0.1, -0.05) is 18.6 Å². The molecule has 138 valence electrons. The Bertz CT molecular complexity index is 565. The lowest BCUT2D eigenvalue weighted by molar-refractivity contribution is -0.130. The number of carbonyl (C=O) groups excluding carboxylic acids is 2. The number of rotatable bonds is 5. The lowest BCUT2D eigenvalue weighted by Crippen LogP contribution is -2.43. The van der Waals surface area contributed by atoms with Crippen molar-refractivity contribution in [3.8, 4) is 0 Å². The highest BCUT2D eigenvalue weighted by atomic mass is 35.5. The number of amides is 2. The fraction of sp³-hybridized carbons (Fsp3) is 0.579. The molecule has 0 bridgehead atoms. The molecule has 2 aliphatic heterocycles. The van der Waals surface area contributed by atoms with Gasteiger partial charge < -0.3 is 15.5 Å². The number of piperidine rings is 1. The van der Waals surface area contributed by atoms with Crippen LogP contribution in [-0.4, -0.2) is 42.4 Å². The molecule has 0 aliphatic carbocycles. The molecule has 2 heterocycles. The summed E-state index contributed by atoms with van der Waals surface area (Å²) < 4.78 is 0. The second-order valence-electron chi connectivity index (χ2n) is 6.78. The molecule has 0 spiro atoms. The van der Waals surface area contributed by atoms with Crippen LogP contribution in [0.5, 0.6) is 0 Å². The van der Waals surface area contributed by atoms with Crippen LogP contribution in [0.15, 0.2) is 24.3 Å². The molecule has 1 unspecified atom stereocenters. The average Bonchev–Trinajstić information content (AvgIpc) is 3.16. The Morgan fingerprint density at radius 3 is 2.44 bits per heavy atom. The van der Waals surface area contributed by atoms with Gasteiger partial charge in [0.05, 0.1) is 6.04 Å². The molecule has 5 nitrogen and oxygen atoms in total. The van der Waals surface area contributed by atoms with Gasteiger partial charge in [-0.05, 0) is 56.3 Å². The number of hydrogen-bond donors (Lipinski definition) is 2. The number of aryl methyl sites for hydroxylation is 1. The summed E-state index contributed by atoms with van der Waals surface area (Å²) in [4.78, 5) is 26.2. The fourth-order valence-corrected chi connectivity index (χ4v) is 3.44. The minimum Gasteiger partial charge on any atom is -0.343 e. The molecule has 0 saturated carbocycles. The molecule has 2 fully saturated rings. The monoisotopic (exact) mass is 365 g/mol. The summed E-state index contributed by atoms with van der Waals surface area (Å²) in [6.07, 6.45) is 6.75. The number of carbonyl (C=O) groups is 2. The Hall–Kier alpha value is -1.59. The topological polar surface area (TPSA) is 61.4 Å². The van der Waals surface area contributed by atoms with Crippen molar-refractivity contribution in [3.63, 3.8) is 0 Å². The van der Waals surface area contributed by atoms with E-state index in [1.807, 2.05) is 29.2 Å². The van der Waals surface area contributed by atoms with Gasteiger partial charge in [-0.3, -0.25) is 9.59 Å². The zero-order valence-corrected chi connectivity index (χ0v) is 15.4. The molecule has 2 amide bonds. The Kier molecular flexibility index (Phi) is 7.72. The van der Waals surface area contributed by atoms with Crippen LogP contribution in [0.1, 0.15) is 44.1 Å². The summed E-state index contributed by atoms with van der Waals surface area (Å²) in [7, 11) is 0. The van der Waals surface area contributed by atoms with Gasteiger partial charge in [0.15, 0.2) is 0 Å². The van der Waals surface area contributed by atoms with Crippen molar-refractivity contribution < 1.29 is 9.59 Å². The van der Waals surface area contributed by atoms with Crippen molar-refractivity contribution in [2.45, 2.75) is 51.0 Å². The van der Waals surface area contributed by atoms with Gasteiger partial charge in [-0.25, -0.2) is 0 Å². The third-order valence-corrected chi connectivity index (χ3v) is 4.93. The van der Waals surface area contributed by atoms with Crippen LogP contribution in [0.4, 0.5) is 5.69 Å². The third kappa shape index (κ3) is 5.72. The smallest absolute Gasteiger partial charge is 0.241 e. The van der Waals surface area contributed by atoms with Crippen molar-refractivity contribution >= 4 is 29.9 Å². The molecule has 1 aromatic carbocycles. The van der Waals surface area contributed by atoms with E-state index in [1.54, 1.807) is 0 Å². The van der Waals surface area contributed by atoms with Crippen LogP contribution in [-0.2, 0) is 16.0 Å². The maximum atomic E-state index is 12.2. The van der Waals surface area contributed by atoms with Gasteiger partial charge >= 0.3 is 0 Å². The first-order valence-electron chi connectivity index (χ1n) is 9.13. The third-order valence-electron chi connectivity index (χ3n) is 4.93. The van der Waals surface area contributed by atoms with Gasteiger partial charge in [0.2, 0.25) is 11.8 Å². The number of halogens is 1. The Morgan fingerprint density at radius 2 is 1.80 bits per heavy atom. The molecule has 2 aliphatic rings. The van der Waals surface area contributed by atoms with E-state index in [1.165, 1.54) is 0 Å². The molecule has 0 aromatic heterocycles. The summed E-state index contributed by atoms with van der Waals surface area (Å²) in [6, 6.07) is 7.78. The summed E-state index contributed by atoms with van der Waals surface area (Å²) in [5, 5.41) is 6.23. The van der Waals surface area contributed by atoms with E-state index in [-0.39, 0.29) is 30.3 Å². The first-order chi connectivity index (χ1) is 11.7. The molecule has 3 rings (SSSR count). The molecule has 1 aromatic rings. The maximum Gasteiger partial charge on any atom is 0.241 e. The van der Waals surface area contributed by atoms with Gasteiger partial charge in [-0.15, -0.1) is 12.4 Å². The first-order valence-corrected chi connectivity index (χ1v) is 9.13. The van der Waals surface area contributed by atoms with E-state index in [0.29, 0.717) is 6.42 Å². The second-order valence-corrected chi connectivity index (χ2v) is 6.78. The van der Waals surface area contributed by atoms with Crippen molar-refractivity contribution in [3.05, 3.63) is 29.8 Å². The van der Waals surface area contributed by atoms with E-state index in [0.717, 1.165) is 69.4 Å². The molecule has 0 radical (unpaired) electrons. The number of nitrogens with one attached hydrogen (secondary N) is 2. The van der Waals surface area contributed by atoms with Crippen LogP contribution in [0.25, 0.3) is 0 Å². The number of hydrogen-bond acceptors (Lipinski definition) is 3. The Labute approximate surface area is 155 Å². The highest BCUT2D eigenvalue weighted by Crippen LogP contribution is 2.15. The van der Waals surface area contributed by atoms with E-state index in [9.17, 15) is 9.59 Å². The highest BCUT2D eigenvalue weighted by molar-refractivity contribution is 5.94. The molecule has 6 heteroatoms. The highest BCUT2D eigenvalue weighted by Gasteiger charge is 2.20. The van der Waals surface area contributed by atoms with E-state index in [2.05, 4.69) is 10.6 Å². The first kappa shape index (κ1) is 19.7. The number of benzene rings is 1. The summed E-state index contributed by atoms with van der Waals surface area (Å²) in [6.45, 7) is 2.75. The predicted molar refractivity (Wildman–Crippen MR) is 102 cm³/mol. The lowest BCUT2D eigenvalue weighted by Gasteiger charge is -2.22. The minimum atomic E-state index is -0.0727. The molecular weight excluding hydrogens is 338 g/mol. The van der Waals surface area contributed by atoms with Crippen LogP contribution in [0, 0.1) is 0 Å². The quantitative estimate of drug-likeness (QED) is 0.843. The van der Waals surface area contributed by atoms with Gasteiger partial charge in [0.25, 0.3) is 0 Å². The van der Waals surface area contributed by atoms with Gasteiger partial charge in [-0.2, -0.15) is 0 Å². The predicted octanol–water partition coefficient (Wildman–Crippen LogP) is 2.74. The molecule has 2 saturated heterocycles. The second kappa shape index (κ2) is 9.78. The molecule has 25 heavy (non-hydrogen) atoms. The Balaban J connectivity index is 0.00000225. The lowest BCUT2D eigenvalue weighted by atomic mass is 10.0. The fourth-order valence-electron chi connectivity index (χ4n) is 3.44. The van der Waals surface area contributed by atoms with Crippen molar-refractivity contribution in [1.82, 2.24) is 10.2 Å². The number of nitrogens with zero attached hydrogens (tertiary/aromatic N) is 1. The summed E-state index contributed by atoms with van der Waals surface area (Å²) in [5.74, 6) is 0.305. The summed E-state index contributed by atoms with van der Waals surface area (Å²) in [5.41, 5.74) is 1.96. The molecule has 1 atom stereocenters. The Morgan fingerprint density at radius 1 is 1.08 bits per heavy atom. The van der Waals surface area contributed by atoms with Gasteiger partial charge in [0.1, 0.15) is 0 Å². The van der Waals surface area contributed by atoms with E-state index >= 15 is 0 Å². The SMILES string of the molecule is Cl.O=C(Nc1ccc(CCC(=O)N2CCCC2)cc1)C1CCCCN1. The molecular formula is C19H28ClN3O2. The maximum absolute atomic E-state index is 12.2. The van der Waals surface area contributed by atoms with Crippen LogP contribution < -0.4 is 10.6 Å². The average molecular weight is 366 g/mol. The zero-order chi connectivity index (χ0) is 16.8. The largest absolute Gasteiger partial charge is 0.343 e. The van der Waals surface area contributed by atoms with Crippen molar-refractivity contribution in [2.24, 2.45) is 0 Å². The van der Waals surface area contributed by atoms with Gasteiger partial charge in [0, 0.05) is 25.2 Å². The van der Waals surface area contributed by atoms with Crippen molar-refractivity contribution in [2.75, 3.05) is 25.0 Å². The normalized spacial score (nSPS) is 20.0. The number of likely N-dealkylation sites (tertiary alicyclic amines) is 1.